The number of nitrogen functional groups attached to an aromatic ring is 1. The third-order valence-corrected chi connectivity index (χ3v) is 5.99. The number of fused-ring (bicyclic) bond motifs is 1. The van der Waals surface area contributed by atoms with Crippen molar-refractivity contribution in [2.45, 2.75) is 39.0 Å². The molecule has 1 aliphatic rings. The Hall–Kier alpha value is -3.63. The first kappa shape index (κ1) is 22.6. The minimum atomic E-state index is -0.603. The minimum absolute atomic E-state index is 0.0796. The fraction of sp³-hybridized carbons (Fsp3) is 0.241. The van der Waals surface area contributed by atoms with Crippen molar-refractivity contribution in [2.75, 3.05) is 5.73 Å². The third kappa shape index (κ3) is 5.24. The van der Waals surface area contributed by atoms with Crippen molar-refractivity contribution in [3.05, 3.63) is 99.4 Å². The summed E-state index contributed by atoms with van der Waals surface area (Å²) < 4.78 is 43.2. The maximum absolute atomic E-state index is 15.0. The molecule has 0 aliphatic heterocycles. The van der Waals surface area contributed by atoms with Crippen LogP contribution in [0.25, 0.3) is 0 Å². The van der Waals surface area contributed by atoms with E-state index in [9.17, 15) is 8.78 Å². The summed E-state index contributed by atoms with van der Waals surface area (Å²) in [5, 5.41) is 0. The van der Waals surface area contributed by atoms with Gasteiger partial charge >= 0.3 is 0 Å². The van der Waals surface area contributed by atoms with E-state index in [1.54, 1.807) is 30.3 Å². The molecular weight excluding hydrogens is 419 g/mol. The normalized spacial score (nSPS) is 14.5. The van der Waals surface area contributed by atoms with Gasteiger partial charge in [-0.15, -0.1) is 0 Å². The Balaban J connectivity index is 1.52. The van der Waals surface area contributed by atoms with Gasteiger partial charge in [0.2, 0.25) is 0 Å². The van der Waals surface area contributed by atoms with Crippen LogP contribution in [0, 0.1) is 47.1 Å². The van der Waals surface area contributed by atoms with Gasteiger partial charge in [0, 0.05) is 16.7 Å². The fourth-order valence-corrected chi connectivity index (χ4v) is 4.21. The zero-order valence-electron chi connectivity index (χ0n) is 18.4. The lowest BCUT2D eigenvalue weighted by Crippen LogP contribution is -2.17. The van der Waals surface area contributed by atoms with Crippen LogP contribution in [0.5, 0.6) is 0 Å². The fourth-order valence-electron chi connectivity index (χ4n) is 4.21. The molecule has 0 heterocycles. The maximum atomic E-state index is 15.0. The standard InChI is InChI=1S/C29H24F3N/c1-2-3-21-11-13-24-23(16-21)18-26(30)25(29(24)32)14-10-20-6-4-19(5-7-20)8-9-22-12-15-28(33)27(31)17-22/h4-7,12,15,17-18,21H,2-3,11,13,16,33H2,1H3. The highest BCUT2D eigenvalue weighted by Gasteiger charge is 2.24. The van der Waals surface area contributed by atoms with Gasteiger partial charge in [-0.2, -0.15) is 0 Å². The molecule has 0 spiro atoms. The monoisotopic (exact) mass is 443 g/mol. The Morgan fingerprint density at radius 1 is 0.848 bits per heavy atom. The smallest absolute Gasteiger partial charge is 0.147 e. The Bertz CT molecular complexity index is 1300. The van der Waals surface area contributed by atoms with Gasteiger partial charge in [-0.05, 0) is 84.8 Å². The predicted octanol–water partition coefficient (Wildman–Crippen LogP) is 6.39. The summed E-state index contributed by atoms with van der Waals surface area (Å²) in [6, 6.07) is 12.9. The van der Waals surface area contributed by atoms with E-state index in [1.165, 1.54) is 18.2 Å². The average Bonchev–Trinajstić information content (AvgIpc) is 2.80. The van der Waals surface area contributed by atoms with Gasteiger partial charge in [0.15, 0.2) is 0 Å². The second-order valence-corrected chi connectivity index (χ2v) is 8.40. The zero-order chi connectivity index (χ0) is 23.4. The molecule has 0 aromatic heterocycles. The number of hydrogen-bond donors (Lipinski definition) is 1. The van der Waals surface area contributed by atoms with Gasteiger partial charge in [-0.1, -0.05) is 43.4 Å². The van der Waals surface area contributed by atoms with Crippen LogP contribution < -0.4 is 5.73 Å². The van der Waals surface area contributed by atoms with E-state index in [0.717, 1.165) is 31.2 Å². The van der Waals surface area contributed by atoms with Crippen LogP contribution in [0.1, 0.15) is 59.6 Å². The molecule has 0 radical (unpaired) electrons. The van der Waals surface area contributed by atoms with Crippen molar-refractivity contribution in [1.29, 1.82) is 0 Å². The summed E-state index contributed by atoms with van der Waals surface area (Å²) in [6.07, 6.45) is 4.46. The van der Waals surface area contributed by atoms with Crippen molar-refractivity contribution < 1.29 is 13.2 Å². The van der Waals surface area contributed by atoms with Gasteiger partial charge in [0.25, 0.3) is 0 Å². The molecule has 1 aliphatic carbocycles. The Morgan fingerprint density at radius 3 is 2.15 bits per heavy atom. The summed E-state index contributed by atoms with van der Waals surface area (Å²) >= 11 is 0. The van der Waals surface area contributed by atoms with Crippen LogP contribution in [-0.4, -0.2) is 0 Å². The number of nitrogens with two attached hydrogens (primary N) is 1. The summed E-state index contributed by atoms with van der Waals surface area (Å²) in [5.41, 5.74) is 8.63. The average molecular weight is 444 g/mol. The van der Waals surface area contributed by atoms with E-state index in [4.69, 9.17) is 5.73 Å². The predicted molar refractivity (Wildman–Crippen MR) is 126 cm³/mol. The van der Waals surface area contributed by atoms with Crippen LogP contribution in [0.15, 0.2) is 48.5 Å². The van der Waals surface area contributed by atoms with E-state index >= 15 is 4.39 Å². The molecule has 4 heteroatoms. The van der Waals surface area contributed by atoms with E-state index < -0.39 is 17.5 Å². The molecule has 0 saturated carbocycles. The molecule has 3 aromatic carbocycles. The van der Waals surface area contributed by atoms with Crippen LogP contribution in [0.3, 0.4) is 0 Å². The van der Waals surface area contributed by atoms with Gasteiger partial charge in [0.1, 0.15) is 17.5 Å². The molecule has 166 valence electrons. The van der Waals surface area contributed by atoms with E-state index in [1.807, 2.05) is 0 Å². The Labute approximate surface area is 192 Å². The third-order valence-electron chi connectivity index (χ3n) is 5.99. The highest BCUT2D eigenvalue weighted by Crippen LogP contribution is 2.32. The molecular formula is C29H24F3N. The van der Waals surface area contributed by atoms with Crippen molar-refractivity contribution in [3.63, 3.8) is 0 Å². The van der Waals surface area contributed by atoms with Gasteiger partial charge in [-0.3, -0.25) is 0 Å². The van der Waals surface area contributed by atoms with Gasteiger partial charge < -0.3 is 5.73 Å². The van der Waals surface area contributed by atoms with Crippen molar-refractivity contribution in [2.24, 2.45) is 5.92 Å². The van der Waals surface area contributed by atoms with E-state index in [-0.39, 0.29) is 11.3 Å². The number of anilines is 1. The summed E-state index contributed by atoms with van der Waals surface area (Å²) in [6.45, 7) is 2.13. The minimum Gasteiger partial charge on any atom is -0.396 e. The molecule has 4 rings (SSSR count). The molecule has 33 heavy (non-hydrogen) atoms. The zero-order valence-corrected chi connectivity index (χ0v) is 18.4. The first-order valence-corrected chi connectivity index (χ1v) is 11.1. The largest absolute Gasteiger partial charge is 0.396 e. The van der Waals surface area contributed by atoms with Crippen molar-refractivity contribution in [1.82, 2.24) is 0 Å². The molecule has 1 nitrogen and oxygen atoms in total. The summed E-state index contributed by atoms with van der Waals surface area (Å²) in [7, 11) is 0. The van der Waals surface area contributed by atoms with E-state index in [2.05, 4.69) is 30.6 Å². The topological polar surface area (TPSA) is 26.0 Å². The highest BCUT2D eigenvalue weighted by molar-refractivity contribution is 5.51. The van der Waals surface area contributed by atoms with Crippen LogP contribution in [-0.2, 0) is 12.8 Å². The van der Waals surface area contributed by atoms with Crippen LogP contribution >= 0.6 is 0 Å². The van der Waals surface area contributed by atoms with Gasteiger partial charge in [-0.25, -0.2) is 13.2 Å². The Kier molecular flexibility index (Phi) is 6.76. The number of rotatable bonds is 2. The first-order valence-electron chi connectivity index (χ1n) is 11.1. The lowest BCUT2D eigenvalue weighted by atomic mass is 9.81. The lowest BCUT2D eigenvalue weighted by molar-refractivity contribution is 0.411. The Morgan fingerprint density at radius 2 is 1.48 bits per heavy atom. The molecule has 0 fully saturated rings. The van der Waals surface area contributed by atoms with Crippen molar-refractivity contribution >= 4 is 5.69 Å². The number of hydrogen-bond acceptors (Lipinski definition) is 1. The van der Waals surface area contributed by atoms with Gasteiger partial charge in [0.05, 0.1) is 11.3 Å². The summed E-state index contributed by atoms with van der Waals surface area (Å²) in [4.78, 5) is 0. The quantitative estimate of drug-likeness (QED) is 0.360. The molecule has 3 aromatic rings. The highest BCUT2D eigenvalue weighted by atomic mass is 19.1. The number of halogens is 3. The second kappa shape index (κ2) is 9.88. The molecule has 0 amide bonds. The van der Waals surface area contributed by atoms with E-state index in [0.29, 0.717) is 34.6 Å². The lowest BCUT2D eigenvalue weighted by Gasteiger charge is -2.25. The number of benzene rings is 3. The second-order valence-electron chi connectivity index (χ2n) is 8.40. The first-order chi connectivity index (χ1) is 15.9. The van der Waals surface area contributed by atoms with Crippen molar-refractivity contribution in [3.8, 4) is 23.7 Å². The molecule has 0 saturated heterocycles. The molecule has 1 atom stereocenters. The molecule has 2 N–H and O–H groups in total. The van der Waals surface area contributed by atoms with Crippen LogP contribution in [0.2, 0.25) is 0 Å². The maximum Gasteiger partial charge on any atom is 0.147 e. The molecule has 1 unspecified atom stereocenters. The van der Waals surface area contributed by atoms with Crippen LogP contribution in [0.4, 0.5) is 18.9 Å². The summed E-state index contributed by atoms with van der Waals surface area (Å²) in [5.74, 6) is 10.2. The molecule has 0 bridgehead atoms. The SMILES string of the molecule is CCCC1CCc2c(cc(F)c(C#Cc3ccc(C#Cc4ccc(N)c(F)c4)cc3)c2F)C1.